The molecule has 1 aliphatic rings. The van der Waals surface area contributed by atoms with Gasteiger partial charge in [-0.05, 0) is 46.0 Å². The maximum Gasteiger partial charge on any atom is 0.179 e. The molecule has 0 aliphatic carbocycles. The van der Waals surface area contributed by atoms with Gasteiger partial charge in [0.05, 0.1) is 15.1 Å². The monoisotopic (exact) mass is 386 g/mol. The standard InChI is InChI=1S/C15H11ClO4S3/c17-16(18,19)20-23-14(9-8-13-7-4-10-21-13)11-15(22-23)12-5-2-1-3-6-12/h1-11H/b9-8+. The summed E-state index contributed by atoms with van der Waals surface area (Å²) in [5.41, 5.74) is 0.957. The summed E-state index contributed by atoms with van der Waals surface area (Å²) in [5, 5.41) is 1.95. The largest absolute Gasteiger partial charge is 0.182 e. The quantitative estimate of drug-likeness (QED) is 0.444. The summed E-state index contributed by atoms with van der Waals surface area (Å²) < 4.78 is 37.5. The molecule has 1 aromatic carbocycles. The van der Waals surface area contributed by atoms with E-state index in [4.69, 9.17) is 0 Å². The lowest BCUT2D eigenvalue weighted by Crippen LogP contribution is -2.60. The fraction of sp³-hybridized carbons (Fsp3) is 0. The number of rotatable bonds is 5. The lowest BCUT2D eigenvalue weighted by molar-refractivity contribution is -1.91. The number of hydrogen-bond donors (Lipinski definition) is 0. The molecule has 3 rings (SSSR count). The molecule has 1 aromatic heterocycles. The van der Waals surface area contributed by atoms with Gasteiger partial charge in [0, 0.05) is 9.78 Å². The van der Waals surface area contributed by atoms with Crippen LogP contribution in [0.2, 0.25) is 0 Å². The second-order valence-electron chi connectivity index (χ2n) is 4.38. The average Bonchev–Trinajstić information content (AvgIpc) is 3.14. The Morgan fingerprint density at radius 3 is 2.43 bits per heavy atom. The molecule has 2 aromatic rings. The molecule has 4 nitrogen and oxygen atoms in total. The van der Waals surface area contributed by atoms with E-state index in [-0.39, 0.29) is 0 Å². The molecule has 120 valence electrons. The predicted octanol–water partition coefficient (Wildman–Crippen LogP) is 1.73. The number of thiophene rings is 1. The van der Waals surface area contributed by atoms with Gasteiger partial charge in [-0.1, -0.05) is 36.4 Å². The van der Waals surface area contributed by atoms with E-state index in [1.54, 1.807) is 17.4 Å². The average molecular weight is 387 g/mol. The summed E-state index contributed by atoms with van der Waals surface area (Å²) in [6.45, 7) is 0. The highest BCUT2D eigenvalue weighted by Crippen LogP contribution is 2.50. The first-order chi connectivity index (χ1) is 11.0. The molecule has 1 aliphatic heterocycles. The zero-order valence-electron chi connectivity index (χ0n) is 11.6. The highest BCUT2D eigenvalue weighted by molar-refractivity contribution is 8.85. The first-order valence-electron chi connectivity index (χ1n) is 6.40. The van der Waals surface area contributed by atoms with E-state index in [0.29, 0.717) is 4.86 Å². The van der Waals surface area contributed by atoms with E-state index < -0.39 is 20.0 Å². The van der Waals surface area contributed by atoms with Crippen LogP contribution < -0.4 is 14.0 Å². The third kappa shape index (κ3) is 4.79. The molecule has 0 amide bonds. The van der Waals surface area contributed by atoms with Gasteiger partial charge < -0.3 is 0 Å². The lowest BCUT2D eigenvalue weighted by atomic mass is 10.2. The molecule has 0 N–H and O–H groups in total. The Hall–Kier alpha value is -0.900. The molecule has 0 saturated heterocycles. The van der Waals surface area contributed by atoms with Crippen molar-refractivity contribution in [1.82, 2.24) is 0 Å². The minimum atomic E-state index is -4.48. The van der Waals surface area contributed by atoms with Crippen molar-refractivity contribution in [2.24, 2.45) is 0 Å². The van der Waals surface area contributed by atoms with Gasteiger partial charge in [0.1, 0.15) is 3.74 Å². The van der Waals surface area contributed by atoms with Gasteiger partial charge in [-0.3, -0.25) is 0 Å². The van der Waals surface area contributed by atoms with Gasteiger partial charge in [-0.2, -0.15) is 14.0 Å². The minimum Gasteiger partial charge on any atom is -0.182 e. The lowest BCUT2D eigenvalue weighted by Gasteiger charge is -2.12. The highest BCUT2D eigenvalue weighted by atomic mass is 35.7. The molecule has 0 radical (unpaired) electrons. The number of benzene rings is 1. The molecule has 1 atom stereocenters. The Morgan fingerprint density at radius 2 is 1.78 bits per heavy atom. The molecule has 1 unspecified atom stereocenters. The summed E-state index contributed by atoms with van der Waals surface area (Å²) in [7, 11) is -4.43. The molecule has 0 bridgehead atoms. The van der Waals surface area contributed by atoms with Crippen molar-refractivity contribution in [1.29, 1.82) is 0 Å². The minimum absolute atomic E-state index is 0.661. The third-order valence-electron chi connectivity index (χ3n) is 2.78. The zero-order chi connectivity index (χ0) is 16.3. The SMILES string of the molecule is [O-][Cl+3]([O-])([O-])OS1=C(/C=C/c2cccs2)C=C(c2ccccc2)S1. The molecular weight excluding hydrogens is 376 g/mol. The summed E-state index contributed by atoms with van der Waals surface area (Å²) in [4.78, 5) is 2.57. The van der Waals surface area contributed by atoms with E-state index in [1.165, 1.54) is 10.8 Å². The fourth-order valence-electron chi connectivity index (χ4n) is 1.84. The van der Waals surface area contributed by atoms with Crippen LogP contribution in [-0.4, -0.2) is 4.86 Å². The van der Waals surface area contributed by atoms with Gasteiger partial charge in [0.15, 0.2) is 9.80 Å². The van der Waals surface area contributed by atoms with Crippen molar-refractivity contribution in [2.75, 3.05) is 0 Å². The van der Waals surface area contributed by atoms with Gasteiger partial charge in [-0.15, -0.1) is 11.3 Å². The maximum atomic E-state index is 10.9. The Morgan fingerprint density at radius 1 is 1.00 bits per heavy atom. The van der Waals surface area contributed by atoms with Crippen LogP contribution in [0.3, 0.4) is 0 Å². The van der Waals surface area contributed by atoms with E-state index in [2.05, 4.69) is 3.74 Å². The maximum absolute atomic E-state index is 10.9. The van der Waals surface area contributed by atoms with Crippen molar-refractivity contribution in [3.63, 3.8) is 0 Å². The summed E-state index contributed by atoms with van der Waals surface area (Å²) >= 11 is 1.57. The van der Waals surface area contributed by atoms with E-state index >= 15 is 0 Å². The van der Waals surface area contributed by atoms with Crippen molar-refractivity contribution in [2.45, 2.75) is 0 Å². The Kier molecular flexibility index (Phi) is 5.40. The molecular formula is C15H11ClO4S3. The molecule has 2 heterocycles. The second-order valence-corrected chi connectivity index (χ2v) is 9.58. The smallest absolute Gasteiger partial charge is 0.179 e. The summed E-state index contributed by atoms with van der Waals surface area (Å²) in [6, 6.07) is 13.4. The normalized spacial score (nSPS) is 18.7. The molecule has 23 heavy (non-hydrogen) atoms. The predicted molar refractivity (Wildman–Crippen MR) is 89.0 cm³/mol. The van der Waals surface area contributed by atoms with E-state index in [1.807, 2.05) is 60.0 Å². The van der Waals surface area contributed by atoms with Crippen LogP contribution in [0.5, 0.6) is 0 Å². The van der Waals surface area contributed by atoms with Crippen molar-refractivity contribution < 1.29 is 28.0 Å². The molecule has 0 fully saturated rings. The zero-order valence-corrected chi connectivity index (χ0v) is 14.8. The van der Waals surface area contributed by atoms with Crippen LogP contribution >= 0.6 is 31.9 Å². The van der Waals surface area contributed by atoms with Gasteiger partial charge in [0.2, 0.25) is 0 Å². The molecule has 0 saturated carbocycles. The van der Waals surface area contributed by atoms with Crippen molar-refractivity contribution >= 4 is 47.8 Å². The Balaban J connectivity index is 1.89. The molecule has 0 spiro atoms. The van der Waals surface area contributed by atoms with Gasteiger partial charge >= 0.3 is 0 Å². The Bertz CT molecular complexity index is 762. The van der Waals surface area contributed by atoms with E-state index in [0.717, 1.165) is 15.3 Å². The van der Waals surface area contributed by atoms with Crippen LogP contribution in [0.4, 0.5) is 0 Å². The van der Waals surface area contributed by atoms with Crippen LogP contribution in [0.15, 0.2) is 60.0 Å². The third-order valence-corrected chi connectivity index (χ3v) is 8.05. The molecule has 8 heteroatoms. The summed E-state index contributed by atoms with van der Waals surface area (Å²) in [5.74, 6) is 0. The van der Waals surface area contributed by atoms with Gasteiger partial charge in [-0.25, -0.2) is 0 Å². The fourth-order valence-corrected chi connectivity index (χ4v) is 6.87. The van der Waals surface area contributed by atoms with Crippen molar-refractivity contribution in [3.05, 3.63) is 70.4 Å². The first-order valence-corrected chi connectivity index (χ1v) is 11.0. The van der Waals surface area contributed by atoms with Gasteiger partial charge in [0.25, 0.3) is 0 Å². The summed E-state index contributed by atoms with van der Waals surface area (Å²) in [6.07, 6.45) is 5.52. The topological polar surface area (TPSA) is 78.4 Å². The first kappa shape index (κ1) is 16.9. The number of hydrogen-bond acceptors (Lipinski definition) is 6. The highest BCUT2D eigenvalue weighted by Gasteiger charge is 2.30. The van der Waals surface area contributed by atoms with Crippen LogP contribution in [-0.2, 0) is 3.74 Å². The van der Waals surface area contributed by atoms with E-state index in [9.17, 15) is 14.0 Å². The second kappa shape index (κ2) is 7.33. The van der Waals surface area contributed by atoms with Crippen LogP contribution in [0, 0.1) is 10.2 Å². The Labute approximate surface area is 146 Å². The van der Waals surface area contributed by atoms with Crippen LogP contribution in [0.25, 0.3) is 11.0 Å². The van der Waals surface area contributed by atoms with Crippen LogP contribution in [0.1, 0.15) is 10.4 Å². The number of halogens is 1. The van der Waals surface area contributed by atoms with Crippen molar-refractivity contribution in [3.8, 4) is 0 Å². The number of allylic oxidation sites excluding steroid dienone is 2.